The lowest BCUT2D eigenvalue weighted by Gasteiger charge is -2.41. The predicted molar refractivity (Wildman–Crippen MR) is 98.1 cm³/mol. The average Bonchev–Trinajstić information content (AvgIpc) is 2.68. The van der Waals surface area contributed by atoms with Crippen LogP contribution in [0.2, 0.25) is 0 Å². The minimum Gasteiger partial charge on any atom is -0.336 e. The number of fused-ring (bicyclic) bond motifs is 1. The zero-order chi connectivity index (χ0) is 18.1. The number of nitrogens with zero attached hydrogens (tertiary/aromatic N) is 2. The number of benzene rings is 1. The van der Waals surface area contributed by atoms with Crippen LogP contribution >= 0.6 is 0 Å². The van der Waals surface area contributed by atoms with Gasteiger partial charge < -0.3 is 20.1 Å². The largest absolute Gasteiger partial charge is 0.336 e. The monoisotopic (exact) mass is 354 g/mol. The number of piperazine rings is 1. The van der Waals surface area contributed by atoms with Crippen molar-refractivity contribution in [3.05, 3.63) is 46.4 Å². The number of likely N-dealkylation sites (tertiary alicyclic amines) is 1. The number of hydrogen-bond donors (Lipinski definition) is 2. The number of hydrogen-bond acceptors (Lipinski definition) is 4. The number of nitrogens with one attached hydrogen (secondary N) is 2. The van der Waals surface area contributed by atoms with E-state index in [4.69, 9.17) is 0 Å². The van der Waals surface area contributed by atoms with Gasteiger partial charge in [-0.05, 0) is 30.4 Å². The van der Waals surface area contributed by atoms with Crippen molar-refractivity contribution in [2.45, 2.75) is 18.9 Å². The van der Waals surface area contributed by atoms with Gasteiger partial charge in [0, 0.05) is 37.6 Å². The summed E-state index contributed by atoms with van der Waals surface area (Å²) in [5, 5.41) is 4.41. The summed E-state index contributed by atoms with van der Waals surface area (Å²) in [5.74, 6) is -0.0882. The van der Waals surface area contributed by atoms with E-state index >= 15 is 0 Å². The van der Waals surface area contributed by atoms with Gasteiger partial charge in [0.15, 0.2) is 0 Å². The fourth-order valence-electron chi connectivity index (χ4n) is 3.90. The molecular formula is C19H22N4O3. The first-order chi connectivity index (χ1) is 12.6. The standard InChI is InChI=1S/C19H22N4O3/c24-17-11-20-7-9-23(17)14-5-3-8-22(12-14)19(26)16-10-13-4-1-2-6-15(13)18(25)21-16/h1-2,4,6,10,14,20H,3,5,7-9,11-12H2,(H,21,25). The first-order valence-electron chi connectivity index (χ1n) is 9.05. The molecule has 0 radical (unpaired) electrons. The van der Waals surface area contributed by atoms with E-state index in [0.717, 1.165) is 24.8 Å². The minimum atomic E-state index is -0.253. The van der Waals surface area contributed by atoms with Gasteiger partial charge in [-0.25, -0.2) is 0 Å². The molecule has 2 saturated heterocycles. The third-order valence-electron chi connectivity index (χ3n) is 5.23. The van der Waals surface area contributed by atoms with Crippen LogP contribution in [0.3, 0.4) is 0 Å². The van der Waals surface area contributed by atoms with Crippen molar-refractivity contribution in [3.8, 4) is 0 Å². The molecule has 1 atom stereocenters. The first-order valence-corrected chi connectivity index (χ1v) is 9.05. The maximum Gasteiger partial charge on any atom is 0.270 e. The van der Waals surface area contributed by atoms with Crippen molar-refractivity contribution < 1.29 is 9.59 Å². The summed E-state index contributed by atoms with van der Waals surface area (Å²) >= 11 is 0. The van der Waals surface area contributed by atoms with E-state index < -0.39 is 0 Å². The second kappa shape index (κ2) is 6.92. The quantitative estimate of drug-likeness (QED) is 0.825. The van der Waals surface area contributed by atoms with Gasteiger partial charge in [0.25, 0.3) is 11.5 Å². The van der Waals surface area contributed by atoms with Gasteiger partial charge in [-0.1, -0.05) is 18.2 Å². The van der Waals surface area contributed by atoms with Gasteiger partial charge in [0.1, 0.15) is 5.69 Å². The highest BCUT2D eigenvalue weighted by Crippen LogP contribution is 2.19. The molecule has 136 valence electrons. The van der Waals surface area contributed by atoms with Crippen LogP contribution < -0.4 is 10.9 Å². The lowest BCUT2D eigenvalue weighted by molar-refractivity contribution is -0.135. The maximum absolute atomic E-state index is 12.9. The Balaban J connectivity index is 1.56. The molecule has 1 unspecified atom stereocenters. The van der Waals surface area contributed by atoms with Crippen LogP contribution in [-0.4, -0.2) is 65.4 Å². The van der Waals surface area contributed by atoms with Crippen LogP contribution in [0, 0.1) is 0 Å². The smallest absolute Gasteiger partial charge is 0.270 e. The van der Waals surface area contributed by atoms with Crippen LogP contribution in [0.15, 0.2) is 35.1 Å². The Labute approximate surface area is 151 Å². The van der Waals surface area contributed by atoms with E-state index in [2.05, 4.69) is 10.3 Å². The van der Waals surface area contributed by atoms with Gasteiger partial charge in [-0.3, -0.25) is 14.4 Å². The van der Waals surface area contributed by atoms with Gasteiger partial charge in [0.2, 0.25) is 5.91 Å². The number of amides is 2. The van der Waals surface area contributed by atoms with Gasteiger partial charge in [-0.15, -0.1) is 0 Å². The number of rotatable bonds is 2. The Morgan fingerprint density at radius 3 is 2.85 bits per heavy atom. The molecule has 2 aliphatic heterocycles. The fourth-order valence-corrected chi connectivity index (χ4v) is 3.90. The van der Waals surface area contributed by atoms with Crippen molar-refractivity contribution in [2.75, 3.05) is 32.7 Å². The third kappa shape index (κ3) is 3.10. The maximum atomic E-state index is 12.9. The highest BCUT2D eigenvalue weighted by atomic mass is 16.2. The Morgan fingerprint density at radius 1 is 1.15 bits per heavy atom. The lowest BCUT2D eigenvalue weighted by atomic mass is 10.0. The van der Waals surface area contributed by atoms with Gasteiger partial charge in [0.05, 0.1) is 6.54 Å². The van der Waals surface area contributed by atoms with Crippen LogP contribution in [-0.2, 0) is 4.79 Å². The predicted octanol–water partition coefficient (Wildman–Crippen LogP) is 0.565. The van der Waals surface area contributed by atoms with E-state index in [1.807, 2.05) is 17.0 Å². The molecule has 0 bridgehead atoms. The number of aromatic nitrogens is 1. The summed E-state index contributed by atoms with van der Waals surface area (Å²) < 4.78 is 0. The molecule has 4 rings (SSSR count). The summed E-state index contributed by atoms with van der Waals surface area (Å²) in [4.78, 5) is 43.7. The fraction of sp³-hybridized carbons (Fsp3) is 0.421. The van der Waals surface area contributed by atoms with Gasteiger partial charge in [-0.2, -0.15) is 0 Å². The number of piperidine rings is 1. The second-order valence-electron chi connectivity index (χ2n) is 6.91. The van der Waals surface area contributed by atoms with Crippen LogP contribution in [0.4, 0.5) is 0 Å². The zero-order valence-electron chi connectivity index (χ0n) is 14.5. The minimum absolute atomic E-state index is 0.0504. The number of pyridine rings is 1. The summed E-state index contributed by atoms with van der Waals surface area (Å²) in [6.07, 6.45) is 1.76. The molecule has 2 aliphatic rings. The molecule has 7 heteroatoms. The molecule has 2 fully saturated rings. The topological polar surface area (TPSA) is 85.5 Å². The van der Waals surface area contributed by atoms with Gasteiger partial charge >= 0.3 is 0 Å². The molecule has 7 nitrogen and oxygen atoms in total. The SMILES string of the molecule is O=C(c1cc2ccccc2c(=O)[nH]1)N1CCCC(N2CCNCC2=O)C1. The van der Waals surface area contributed by atoms with E-state index in [1.54, 1.807) is 23.1 Å². The highest BCUT2D eigenvalue weighted by Gasteiger charge is 2.32. The molecule has 3 heterocycles. The molecule has 1 aromatic carbocycles. The molecule has 0 aliphatic carbocycles. The van der Waals surface area contributed by atoms with Crippen molar-refractivity contribution >= 4 is 22.6 Å². The molecule has 1 aromatic heterocycles. The van der Waals surface area contributed by atoms with Crippen LogP contribution in [0.25, 0.3) is 10.8 Å². The van der Waals surface area contributed by atoms with Crippen LogP contribution in [0.5, 0.6) is 0 Å². The Bertz CT molecular complexity index is 907. The normalized spacial score (nSPS) is 21.2. The Morgan fingerprint density at radius 2 is 2.00 bits per heavy atom. The molecule has 2 amide bonds. The van der Waals surface area contributed by atoms with E-state index in [-0.39, 0.29) is 23.4 Å². The number of carbonyl (C=O) groups excluding carboxylic acids is 2. The Hall–Kier alpha value is -2.67. The van der Waals surface area contributed by atoms with Crippen molar-refractivity contribution in [1.82, 2.24) is 20.1 Å². The Kier molecular flexibility index (Phi) is 4.46. The summed E-state index contributed by atoms with van der Waals surface area (Å²) in [5.41, 5.74) is 0.0540. The van der Waals surface area contributed by atoms with Crippen molar-refractivity contribution in [2.24, 2.45) is 0 Å². The zero-order valence-corrected chi connectivity index (χ0v) is 14.5. The molecular weight excluding hydrogens is 332 g/mol. The van der Waals surface area contributed by atoms with Crippen LogP contribution in [0.1, 0.15) is 23.3 Å². The average molecular weight is 354 g/mol. The molecule has 2 aromatic rings. The molecule has 26 heavy (non-hydrogen) atoms. The van der Waals surface area contributed by atoms with Crippen molar-refractivity contribution in [3.63, 3.8) is 0 Å². The summed E-state index contributed by atoms with van der Waals surface area (Å²) in [7, 11) is 0. The first kappa shape index (κ1) is 16.8. The van der Waals surface area contributed by atoms with E-state index in [9.17, 15) is 14.4 Å². The second-order valence-corrected chi connectivity index (χ2v) is 6.91. The number of H-pyrrole nitrogens is 1. The molecule has 0 spiro atoms. The lowest BCUT2D eigenvalue weighted by Crippen LogP contribution is -2.57. The van der Waals surface area contributed by atoms with E-state index in [1.165, 1.54) is 0 Å². The number of aromatic amines is 1. The third-order valence-corrected chi connectivity index (χ3v) is 5.23. The van der Waals surface area contributed by atoms with E-state index in [0.29, 0.717) is 37.3 Å². The number of carbonyl (C=O) groups is 2. The summed E-state index contributed by atoms with van der Waals surface area (Å²) in [6.45, 7) is 2.98. The van der Waals surface area contributed by atoms with Crippen molar-refractivity contribution in [1.29, 1.82) is 0 Å². The highest BCUT2D eigenvalue weighted by molar-refractivity contribution is 5.96. The summed E-state index contributed by atoms with van der Waals surface area (Å²) in [6, 6.07) is 9.02. The molecule has 0 saturated carbocycles. The molecule has 2 N–H and O–H groups in total.